The van der Waals surface area contributed by atoms with E-state index in [4.69, 9.17) is 0 Å². The van der Waals surface area contributed by atoms with E-state index in [2.05, 4.69) is 15.2 Å². The molecule has 0 bridgehead atoms. The number of benzene rings is 2. The fraction of sp³-hybridized carbons (Fsp3) is 0.217. The Morgan fingerprint density at radius 2 is 1.80 bits per heavy atom. The molecule has 0 unspecified atom stereocenters. The van der Waals surface area contributed by atoms with Crippen LogP contribution in [0.4, 0.5) is 5.69 Å². The Labute approximate surface area is 180 Å². The maximum absolute atomic E-state index is 13.3. The lowest BCUT2D eigenvalue weighted by molar-refractivity contribution is -0.116. The SMILES string of the molecule is Cc1cccc(N(Cc2ccccc2)C(=O)CSc2nnc3nc(C)cc(C)n23)c1. The van der Waals surface area contributed by atoms with Gasteiger partial charge in [-0.2, -0.15) is 0 Å². The second-order valence-corrected chi connectivity index (χ2v) is 8.19. The third-order valence-corrected chi connectivity index (χ3v) is 5.70. The topological polar surface area (TPSA) is 63.4 Å². The fourth-order valence-electron chi connectivity index (χ4n) is 3.38. The molecule has 0 fully saturated rings. The number of carbonyl (C=O) groups excluding carboxylic acids is 1. The number of carbonyl (C=O) groups is 1. The van der Waals surface area contributed by atoms with Gasteiger partial charge in [-0.3, -0.25) is 9.20 Å². The van der Waals surface area contributed by atoms with E-state index in [1.54, 1.807) is 0 Å². The quantitative estimate of drug-likeness (QED) is 0.436. The summed E-state index contributed by atoms with van der Waals surface area (Å²) in [5.41, 5.74) is 4.99. The molecule has 152 valence electrons. The molecule has 6 nitrogen and oxygen atoms in total. The van der Waals surface area contributed by atoms with Crippen LogP contribution in [0.25, 0.3) is 5.78 Å². The van der Waals surface area contributed by atoms with E-state index in [1.165, 1.54) is 11.8 Å². The zero-order valence-corrected chi connectivity index (χ0v) is 18.1. The van der Waals surface area contributed by atoms with Crippen molar-refractivity contribution in [2.75, 3.05) is 10.7 Å². The highest BCUT2D eigenvalue weighted by molar-refractivity contribution is 7.99. The van der Waals surface area contributed by atoms with Crippen LogP contribution in [0.1, 0.15) is 22.5 Å². The molecule has 0 saturated heterocycles. The van der Waals surface area contributed by atoms with E-state index in [-0.39, 0.29) is 11.7 Å². The van der Waals surface area contributed by atoms with Gasteiger partial charge in [-0.05, 0) is 50.1 Å². The molecule has 30 heavy (non-hydrogen) atoms. The number of fused-ring (bicyclic) bond motifs is 1. The summed E-state index contributed by atoms with van der Waals surface area (Å²) in [5.74, 6) is 0.834. The van der Waals surface area contributed by atoms with Crippen LogP contribution in [0, 0.1) is 20.8 Å². The zero-order chi connectivity index (χ0) is 21.1. The number of hydrogen-bond acceptors (Lipinski definition) is 5. The van der Waals surface area contributed by atoms with Crippen molar-refractivity contribution in [2.45, 2.75) is 32.5 Å². The van der Waals surface area contributed by atoms with Gasteiger partial charge >= 0.3 is 0 Å². The van der Waals surface area contributed by atoms with Crippen molar-refractivity contribution in [3.05, 3.63) is 83.2 Å². The average molecular weight is 418 g/mol. The molecule has 0 saturated carbocycles. The van der Waals surface area contributed by atoms with Gasteiger partial charge in [-0.1, -0.05) is 54.2 Å². The van der Waals surface area contributed by atoms with Crippen LogP contribution in [0.15, 0.2) is 65.8 Å². The van der Waals surface area contributed by atoms with Crippen LogP contribution in [-0.4, -0.2) is 31.2 Å². The summed E-state index contributed by atoms with van der Waals surface area (Å²) in [6.07, 6.45) is 0. The first kappa shape index (κ1) is 20.1. The van der Waals surface area contributed by atoms with Crippen molar-refractivity contribution >= 4 is 29.1 Å². The van der Waals surface area contributed by atoms with Crippen molar-refractivity contribution in [3.63, 3.8) is 0 Å². The number of aryl methyl sites for hydroxylation is 3. The molecule has 0 spiro atoms. The molecule has 0 radical (unpaired) electrons. The van der Waals surface area contributed by atoms with Gasteiger partial charge in [0.25, 0.3) is 5.78 Å². The van der Waals surface area contributed by atoms with E-state index in [0.717, 1.165) is 28.2 Å². The molecule has 7 heteroatoms. The van der Waals surface area contributed by atoms with E-state index >= 15 is 0 Å². The Balaban J connectivity index is 1.58. The Bertz CT molecular complexity index is 1190. The van der Waals surface area contributed by atoms with Crippen molar-refractivity contribution in [3.8, 4) is 0 Å². The normalized spacial score (nSPS) is 11.0. The van der Waals surface area contributed by atoms with Crippen LogP contribution in [0.3, 0.4) is 0 Å². The molecular formula is C23H23N5OS. The minimum absolute atomic E-state index is 0.0175. The Hall–Kier alpha value is -3.19. The van der Waals surface area contributed by atoms with Gasteiger partial charge in [0.2, 0.25) is 5.91 Å². The highest BCUT2D eigenvalue weighted by Crippen LogP contribution is 2.23. The minimum atomic E-state index is 0.0175. The molecule has 0 aliphatic carbocycles. The lowest BCUT2D eigenvalue weighted by Gasteiger charge is -2.23. The lowest BCUT2D eigenvalue weighted by Crippen LogP contribution is -2.32. The molecule has 2 heterocycles. The highest BCUT2D eigenvalue weighted by atomic mass is 32.2. The molecule has 0 aliphatic rings. The Morgan fingerprint density at radius 1 is 1.00 bits per heavy atom. The summed E-state index contributed by atoms with van der Waals surface area (Å²) < 4.78 is 1.89. The molecule has 4 rings (SSSR count). The number of rotatable bonds is 6. The first-order chi connectivity index (χ1) is 14.5. The van der Waals surface area contributed by atoms with Gasteiger partial charge in [0, 0.05) is 17.1 Å². The number of amides is 1. The second-order valence-electron chi connectivity index (χ2n) is 7.25. The van der Waals surface area contributed by atoms with Crippen molar-refractivity contribution in [1.29, 1.82) is 0 Å². The molecular weight excluding hydrogens is 394 g/mol. The van der Waals surface area contributed by atoms with Crippen LogP contribution in [0.5, 0.6) is 0 Å². The number of anilines is 1. The number of aromatic nitrogens is 4. The van der Waals surface area contributed by atoms with Gasteiger partial charge in [0.1, 0.15) is 0 Å². The van der Waals surface area contributed by atoms with E-state index in [9.17, 15) is 4.79 Å². The van der Waals surface area contributed by atoms with Gasteiger partial charge in [-0.15, -0.1) is 10.2 Å². The Kier molecular flexibility index (Phi) is 5.81. The Morgan fingerprint density at radius 3 is 2.57 bits per heavy atom. The standard InChI is InChI=1S/C23H23N5OS/c1-16-8-7-11-20(12-16)27(14-19-9-5-4-6-10-19)21(29)15-30-23-26-25-22-24-17(2)13-18(3)28(22)23/h4-13H,14-15H2,1-3H3. The summed E-state index contributed by atoms with van der Waals surface area (Å²) in [6, 6.07) is 20.0. The maximum Gasteiger partial charge on any atom is 0.256 e. The fourth-order valence-corrected chi connectivity index (χ4v) is 4.24. The molecule has 2 aromatic heterocycles. The van der Waals surface area contributed by atoms with Crippen LogP contribution in [-0.2, 0) is 11.3 Å². The molecule has 0 N–H and O–H groups in total. The van der Waals surface area contributed by atoms with E-state index in [0.29, 0.717) is 17.5 Å². The summed E-state index contributed by atoms with van der Waals surface area (Å²) in [5, 5.41) is 9.07. The summed E-state index contributed by atoms with van der Waals surface area (Å²) in [6.45, 7) is 6.47. The summed E-state index contributed by atoms with van der Waals surface area (Å²) in [7, 11) is 0. The molecule has 4 aromatic rings. The first-order valence-corrected chi connectivity index (χ1v) is 10.7. The third-order valence-electron chi connectivity index (χ3n) is 4.79. The van der Waals surface area contributed by atoms with Gasteiger partial charge in [0.05, 0.1) is 12.3 Å². The maximum atomic E-state index is 13.3. The third kappa shape index (κ3) is 4.36. The monoisotopic (exact) mass is 417 g/mol. The average Bonchev–Trinajstić information content (AvgIpc) is 3.14. The molecule has 0 atom stereocenters. The zero-order valence-electron chi connectivity index (χ0n) is 17.2. The predicted octanol–water partition coefficient (Wildman–Crippen LogP) is 4.38. The number of hydrogen-bond donors (Lipinski definition) is 0. The largest absolute Gasteiger partial charge is 0.307 e. The minimum Gasteiger partial charge on any atom is -0.307 e. The summed E-state index contributed by atoms with van der Waals surface area (Å²) in [4.78, 5) is 19.5. The van der Waals surface area contributed by atoms with Crippen LogP contribution in [0.2, 0.25) is 0 Å². The van der Waals surface area contributed by atoms with Gasteiger partial charge in [0.15, 0.2) is 5.16 Å². The van der Waals surface area contributed by atoms with E-state index < -0.39 is 0 Å². The van der Waals surface area contributed by atoms with Crippen molar-refractivity contribution < 1.29 is 4.79 Å². The number of thioether (sulfide) groups is 1. The molecule has 0 aliphatic heterocycles. The van der Waals surface area contributed by atoms with Gasteiger partial charge in [-0.25, -0.2) is 4.98 Å². The molecule has 1 amide bonds. The smallest absolute Gasteiger partial charge is 0.256 e. The van der Waals surface area contributed by atoms with Crippen LogP contribution >= 0.6 is 11.8 Å². The van der Waals surface area contributed by atoms with E-state index in [1.807, 2.05) is 90.7 Å². The first-order valence-electron chi connectivity index (χ1n) is 9.74. The molecule has 2 aromatic carbocycles. The van der Waals surface area contributed by atoms with Crippen molar-refractivity contribution in [1.82, 2.24) is 19.6 Å². The summed E-state index contributed by atoms with van der Waals surface area (Å²) >= 11 is 1.38. The van der Waals surface area contributed by atoms with Gasteiger partial charge < -0.3 is 4.90 Å². The van der Waals surface area contributed by atoms with Crippen molar-refractivity contribution in [2.24, 2.45) is 0 Å². The van der Waals surface area contributed by atoms with Crippen LogP contribution < -0.4 is 4.90 Å². The lowest BCUT2D eigenvalue weighted by atomic mass is 10.1. The highest BCUT2D eigenvalue weighted by Gasteiger charge is 2.19. The second kappa shape index (κ2) is 8.67. The number of nitrogens with zero attached hydrogens (tertiary/aromatic N) is 5. The predicted molar refractivity (Wildman–Crippen MR) is 120 cm³/mol.